The van der Waals surface area contributed by atoms with Gasteiger partial charge in [0.1, 0.15) is 5.66 Å². The molecule has 0 atom stereocenters. The Kier molecular flexibility index (Phi) is 5.90. The predicted octanol–water partition coefficient (Wildman–Crippen LogP) is 5.62. The molecule has 136 valence electrons. The van der Waals surface area contributed by atoms with Crippen LogP contribution < -0.4 is 10.2 Å². The molecule has 0 amide bonds. The Morgan fingerprint density at radius 2 is 1.33 bits per heavy atom. The Labute approximate surface area is 150 Å². The van der Waals surface area contributed by atoms with Crippen LogP contribution in [-0.2, 0) is 4.79 Å². The minimum Gasteiger partial charge on any atom is -0.378 e. The van der Waals surface area contributed by atoms with Crippen molar-refractivity contribution in [2.45, 2.75) is 75.5 Å². The Balaban J connectivity index is 0.00000169. The highest BCUT2D eigenvalue weighted by molar-refractivity contribution is 7.82. The highest BCUT2D eigenvalue weighted by Gasteiger charge is 2.39. The fourth-order valence-electron chi connectivity index (χ4n) is 4.90. The van der Waals surface area contributed by atoms with Gasteiger partial charge in [-0.3, -0.25) is 0 Å². The third-order valence-electron chi connectivity index (χ3n) is 6.25. The Morgan fingerprint density at radius 3 is 1.71 bits per heavy atom. The maximum absolute atomic E-state index is 12.6. The fourth-order valence-corrected chi connectivity index (χ4v) is 9.74. The van der Waals surface area contributed by atoms with Gasteiger partial charge in [0.25, 0.3) is 0 Å². The van der Waals surface area contributed by atoms with Gasteiger partial charge in [-0.05, 0) is 54.4 Å². The van der Waals surface area contributed by atoms with Crippen LogP contribution in [0, 0.1) is 0 Å². The van der Waals surface area contributed by atoms with Crippen molar-refractivity contribution in [2.75, 3.05) is 19.0 Å². The number of hydrogen-bond donors (Lipinski definition) is 0. The fraction of sp³-hybridized carbons (Fsp3) is 0.667. The lowest BCUT2D eigenvalue weighted by atomic mass is 9.99. The minimum absolute atomic E-state index is 0. The van der Waals surface area contributed by atoms with Crippen LogP contribution in [0.15, 0.2) is 24.3 Å². The molecule has 2 aliphatic rings. The van der Waals surface area contributed by atoms with Crippen molar-refractivity contribution in [3.05, 3.63) is 24.3 Å². The first-order valence-corrected chi connectivity index (χ1v) is 11.7. The van der Waals surface area contributed by atoms with Crippen LogP contribution in [0.3, 0.4) is 0 Å². The first-order valence-electron chi connectivity index (χ1n) is 9.74. The van der Waals surface area contributed by atoms with Crippen LogP contribution in [0.4, 0.5) is 5.69 Å². The zero-order valence-electron chi connectivity index (χ0n) is 15.3. The van der Waals surface area contributed by atoms with Crippen molar-refractivity contribution in [3.8, 4) is 0 Å². The molecule has 1 aromatic carbocycles. The van der Waals surface area contributed by atoms with Crippen LogP contribution in [0.2, 0.25) is 0 Å². The molecular weight excluding hydrogens is 313 g/mol. The Morgan fingerprint density at radius 1 is 0.875 bits per heavy atom. The monoisotopic (exact) mass is 349 g/mol. The van der Waals surface area contributed by atoms with Crippen molar-refractivity contribution < 1.29 is 7.65 Å². The molecule has 2 aliphatic carbocycles. The van der Waals surface area contributed by atoms with E-state index >= 15 is 0 Å². The van der Waals surface area contributed by atoms with E-state index in [-0.39, 0.29) is 2.85 Å². The van der Waals surface area contributed by atoms with Crippen molar-refractivity contribution in [2.24, 2.45) is 0 Å². The smallest absolute Gasteiger partial charge is 0.119 e. The van der Waals surface area contributed by atoms with Crippen LogP contribution in [-0.4, -0.2) is 31.1 Å². The second-order valence-electron chi connectivity index (χ2n) is 7.86. The molecule has 0 radical (unpaired) electrons. The summed E-state index contributed by atoms with van der Waals surface area (Å²) in [5.74, 6) is 0. The van der Waals surface area contributed by atoms with Gasteiger partial charge in [-0.1, -0.05) is 50.7 Å². The van der Waals surface area contributed by atoms with E-state index in [0.29, 0.717) is 11.3 Å². The highest BCUT2D eigenvalue weighted by atomic mass is 31.2. The Hall–Kier alpha value is -0.970. The average molecular weight is 349 g/mol. The summed E-state index contributed by atoms with van der Waals surface area (Å²) in [6.07, 6.45) is 12.9. The van der Waals surface area contributed by atoms with E-state index in [1.807, 2.05) is 0 Å². The summed E-state index contributed by atoms with van der Waals surface area (Å²) in [5.41, 5.74) is 5.17. The van der Waals surface area contributed by atoms with E-state index in [4.69, 9.17) is 0 Å². The lowest BCUT2D eigenvalue weighted by molar-refractivity contribution is 0.484. The van der Waals surface area contributed by atoms with Gasteiger partial charge in [-0.15, -0.1) is 0 Å². The number of nitrogens with zero attached hydrogens (tertiary/aromatic N) is 1. The first kappa shape index (κ1) is 17.8. The summed E-state index contributed by atoms with van der Waals surface area (Å²) >= 11 is 0. The van der Waals surface area contributed by atoms with E-state index < -0.39 is 6.89 Å². The minimum atomic E-state index is -1.85. The van der Waals surface area contributed by atoms with Gasteiger partial charge >= 0.3 is 0 Å². The number of hydrogen-bond acceptors (Lipinski definition) is 2. The van der Waals surface area contributed by atoms with Crippen LogP contribution in [0.5, 0.6) is 0 Å². The van der Waals surface area contributed by atoms with E-state index in [0.717, 1.165) is 0 Å². The third kappa shape index (κ3) is 3.37. The first-order chi connectivity index (χ1) is 11.7. The van der Waals surface area contributed by atoms with Crippen molar-refractivity contribution in [1.82, 2.24) is 0 Å². The standard InChI is InChI=1S/C21H32NOP.2H2/c1-22(2)18-13-15-21(16-14-18)24(17-23,19-9-5-3-6-10-19)20-11-7-4-8-12-20;;/h13-16,19-20H,3-12H2,1-2H3;2*1H. The molecule has 0 heterocycles. The third-order valence-corrected chi connectivity index (χ3v) is 11.0. The summed E-state index contributed by atoms with van der Waals surface area (Å²) < 4.78 is 0. The number of benzene rings is 1. The summed E-state index contributed by atoms with van der Waals surface area (Å²) in [4.78, 5) is 14.7. The van der Waals surface area contributed by atoms with Gasteiger partial charge in [-0.25, -0.2) is 4.79 Å². The van der Waals surface area contributed by atoms with Gasteiger partial charge in [-0.2, -0.15) is 0 Å². The van der Waals surface area contributed by atoms with Crippen molar-refractivity contribution in [3.63, 3.8) is 0 Å². The van der Waals surface area contributed by atoms with Crippen molar-refractivity contribution >= 4 is 23.5 Å². The summed E-state index contributed by atoms with van der Waals surface area (Å²) in [5, 5.41) is 1.34. The van der Waals surface area contributed by atoms with Gasteiger partial charge in [0, 0.05) is 29.5 Å². The molecule has 1 aromatic rings. The molecular formula is C21H36NOP. The molecule has 2 nitrogen and oxygen atoms in total. The molecule has 0 bridgehead atoms. The molecule has 0 aliphatic heterocycles. The van der Waals surface area contributed by atoms with Gasteiger partial charge in [0.05, 0.1) is 0 Å². The molecule has 24 heavy (non-hydrogen) atoms. The lowest BCUT2D eigenvalue weighted by Crippen LogP contribution is -2.30. The predicted molar refractivity (Wildman–Crippen MR) is 111 cm³/mol. The maximum atomic E-state index is 12.6. The zero-order chi connectivity index (χ0) is 17.0. The molecule has 0 spiro atoms. The quantitative estimate of drug-likeness (QED) is 0.658. The molecule has 0 unspecified atom stereocenters. The molecule has 0 N–H and O–H groups in total. The van der Waals surface area contributed by atoms with Gasteiger partial charge in [0.15, 0.2) is 0 Å². The number of carbonyl (C=O) groups excluding carboxylic acids is 1. The van der Waals surface area contributed by atoms with Crippen molar-refractivity contribution in [1.29, 1.82) is 0 Å². The van der Waals surface area contributed by atoms with Crippen LogP contribution in [0.1, 0.15) is 67.1 Å². The van der Waals surface area contributed by atoms with Gasteiger partial charge in [0.2, 0.25) is 0 Å². The molecule has 0 saturated heterocycles. The largest absolute Gasteiger partial charge is 0.378 e. The number of anilines is 1. The second kappa shape index (κ2) is 7.94. The molecule has 3 rings (SSSR count). The zero-order valence-corrected chi connectivity index (χ0v) is 16.2. The average Bonchev–Trinajstić information content (AvgIpc) is 2.65. The molecule has 0 aromatic heterocycles. The topological polar surface area (TPSA) is 20.3 Å². The lowest BCUT2D eigenvalue weighted by Gasteiger charge is -2.41. The highest BCUT2D eigenvalue weighted by Crippen LogP contribution is 2.61. The second-order valence-corrected chi connectivity index (χ2v) is 11.6. The summed E-state index contributed by atoms with van der Waals surface area (Å²) in [6.45, 7) is -1.85. The molecule has 2 saturated carbocycles. The van der Waals surface area contributed by atoms with E-state index in [9.17, 15) is 4.79 Å². The summed E-state index contributed by atoms with van der Waals surface area (Å²) in [6, 6.07) is 8.93. The van der Waals surface area contributed by atoms with E-state index in [1.165, 1.54) is 75.2 Å². The number of rotatable bonds is 4. The van der Waals surface area contributed by atoms with E-state index in [2.05, 4.69) is 48.9 Å². The molecule has 3 heteroatoms. The molecule has 2 fully saturated rings. The van der Waals surface area contributed by atoms with Crippen LogP contribution in [0.25, 0.3) is 0 Å². The van der Waals surface area contributed by atoms with E-state index in [1.54, 1.807) is 0 Å². The Bertz CT molecular complexity index is 591. The summed E-state index contributed by atoms with van der Waals surface area (Å²) in [7, 11) is 4.15. The SMILES string of the molecule is CN(C)c1ccc(P(=C=O)(C2CCCCC2)C2CCCCC2)cc1.[HH].[HH]. The van der Waals surface area contributed by atoms with Crippen LogP contribution >= 0.6 is 6.89 Å². The maximum Gasteiger partial charge on any atom is 0.119 e. The van der Waals surface area contributed by atoms with Gasteiger partial charge < -0.3 is 4.90 Å². The normalized spacial score (nSPS) is 20.6.